The van der Waals surface area contributed by atoms with Crippen LogP contribution in [0.4, 0.5) is 0 Å². The molecule has 2 aromatic rings. The number of hydrogen-bond donors (Lipinski definition) is 2. The highest BCUT2D eigenvalue weighted by atomic mass is 32.1. The van der Waals surface area contributed by atoms with E-state index in [-0.39, 0.29) is 12.1 Å². The first kappa shape index (κ1) is 13.7. The second-order valence-electron chi connectivity index (χ2n) is 5.02. The normalized spacial score (nSPS) is 20.1. The number of thiazole rings is 1. The molecule has 0 amide bonds. The maximum Gasteiger partial charge on any atom is 0.0949 e. The fraction of sp³-hybridized carbons (Fsp3) is 0.400. The van der Waals surface area contributed by atoms with Gasteiger partial charge in [0, 0.05) is 24.0 Å². The molecule has 0 radical (unpaired) electrons. The first-order chi connectivity index (χ1) is 9.86. The molecular weight excluding hydrogens is 270 g/mol. The minimum absolute atomic E-state index is 0.146. The van der Waals surface area contributed by atoms with Crippen molar-refractivity contribution >= 4 is 11.3 Å². The second kappa shape index (κ2) is 6.45. The molecule has 1 saturated heterocycles. The van der Waals surface area contributed by atoms with Gasteiger partial charge in [0.2, 0.25) is 0 Å². The van der Waals surface area contributed by atoms with Gasteiger partial charge in [0.25, 0.3) is 0 Å². The zero-order valence-corrected chi connectivity index (χ0v) is 12.1. The summed E-state index contributed by atoms with van der Waals surface area (Å²) >= 11 is 1.68. The van der Waals surface area contributed by atoms with Crippen LogP contribution in [0.5, 0.6) is 0 Å². The van der Waals surface area contributed by atoms with Crippen LogP contribution in [0.25, 0.3) is 11.3 Å². The first-order valence-corrected chi connectivity index (χ1v) is 7.82. The van der Waals surface area contributed by atoms with Gasteiger partial charge in [-0.05, 0) is 12.8 Å². The predicted octanol–water partition coefficient (Wildman–Crippen LogP) is 2.36. The summed E-state index contributed by atoms with van der Waals surface area (Å²) in [7, 11) is 0. The predicted molar refractivity (Wildman–Crippen MR) is 81.3 cm³/mol. The fourth-order valence-electron chi connectivity index (χ4n) is 2.55. The van der Waals surface area contributed by atoms with Crippen molar-refractivity contribution < 1.29 is 4.74 Å². The van der Waals surface area contributed by atoms with E-state index < -0.39 is 0 Å². The monoisotopic (exact) mass is 289 g/mol. The van der Waals surface area contributed by atoms with Gasteiger partial charge < -0.3 is 4.74 Å². The van der Waals surface area contributed by atoms with Crippen LogP contribution in [0.15, 0.2) is 35.7 Å². The van der Waals surface area contributed by atoms with Crippen LogP contribution in [-0.2, 0) is 11.2 Å². The molecule has 4 nitrogen and oxygen atoms in total. The smallest absolute Gasteiger partial charge is 0.0949 e. The highest BCUT2D eigenvalue weighted by Crippen LogP contribution is 2.24. The van der Waals surface area contributed by atoms with Gasteiger partial charge in [0.1, 0.15) is 0 Å². The van der Waals surface area contributed by atoms with Crippen molar-refractivity contribution in [1.29, 1.82) is 0 Å². The van der Waals surface area contributed by atoms with Gasteiger partial charge in [0.15, 0.2) is 0 Å². The van der Waals surface area contributed by atoms with E-state index in [2.05, 4.69) is 22.9 Å². The molecule has 0 bridgehead atoms. The van der Waals surface area contributed by atoms with Gasteiger partial charge in [0.05, 0.1) is 22.8 Å². The number of nitrogens with one attached hydrogen (secondary N) is 1. The minimum atomic E-state index is 0.146. The molecule has 2 heterocycles. The van der Waals surface area contributed by atoms with Crippen molar-refractivity contribution in [2.24, 2.45) is 5.84 Å². The van der Waals surface area contributed by atoms with Crippen LogP contribution in [-0.4, -0.2) is 23.7 Å². The summed E-state index contributed by atoms with van der Waals surface area (Å²) in [6, 6.07) is 10.4. The van der Waals surface area contributed by atoms with E-state index in [1.165, 1.54) is 0 Å². The summed E-state index contributed by atoms with van der Waals surface area (Å²) in [5.41, 5.74) is 5.08. The standard InChI is InChI=1S/C15H19N3OS/c16-18-12(14-7-4-8-19-14)9-15-17-13(10-20-15)11-5-2-1-3-6-11/h1-3,5-6,10,12,14,18H,4,7-9,16H2. The van der Waals surface area contributed by atoms with Gasteiger partial charge in [-0.3, -0.25) is 11.3 Å². The van der Waals surface area contributed by atoms with Gasteiger partial charge in [-0.25, -0.2) is 4.98 Å². The zero-order valence-electron chi connectivity index (χ0n) is 11.3. The number of nitrogens with two attached hydrogens (primary N) is 1. The molecule has 0 aliphatic carbocycles. The Hall–Kier alpha value is -1.27. The van der Waals surface area contributed by atoms with Crippen LogP contribution in [0.1, 0.15) is 17.8 Å². The van der Waals surface area contributed by atoms with Crippen LogP contribution >= 0.6 is 11.3 Å². The Morgan fingerprint density at radius 2 is 2.25 bits per heavy atom. The Morgan fingerprint density at radius 3 is 2.95 bits per heavy atom. The molecule has 3 rings (SSSR count). The summed E-state index contributed by atoms with van der Waals surface area (Å²) < 4.78 is 5.70. The van der Waals surface area contributed by atoms with Crippen molar-refractivity contribution in [3.8, 4) is 11.3 Å². The summed E-state index contributed by atoms with van der Waals surface area (Å²) in [4.78, 5) is 4.71. The average Bonchev–Trinajstić information content (AvgIpc) is 3.17. The van der Waals surface area contributed by atoms with Crippen LogP contribution in [0.2, 0.25) is 0 Å². The molecule has 1 fully saturated rings. The number of hydrazine groups is 1. The molecule has 5 heteroatoms. The molecule has 0 saturated carbocycles. The summed E-state index contributed by atoms with van der Waals surface area (Å²) in [5.74, 6) is 5.67. The van der Waals surface area contributed by atoms with E-state index in [4.69, 9.17) is 15.6 Å². The third-order valence-electron chi connectivity index (χ3n) is 3.64. The molecule has 1 aromatic carbocycles. The molecule has 0 spiro atoms. The highest BCUT2D eigenvalue weighted by molar-refractivity contribution is 7.09. The van der Waals surface area contributed by atoms with Crippen LogP contribution in [0.3, 0.4) is 0 Å². The van der Waals surface area contributed by atoms with Crippen LogP contribution in [0, 0.1) is 0 Å². The molecule has 20 heavy (non-hydrogen) atoms. The van der Waals surface area contributed by atoms with E-state index in [9.17, 15) is 0 Å². The van der Waals surface area contributed by atoms with Crippen molar-refractivity contribution in [2.45, 2.75) is 31.4 Å². The fourth-order valence-corrected chi connectivity index (χ4v) is 3.42. The number of rotatable bonds is 5. The molecule has 2 unspecified atom stereocenters. The van der Waals surface area contributed by atoms with E-state index in [1.807, 2.05) is 18.2 Å². The van der Waals surface area contributed by atoms with E-state index in [1.54, 1.807) is 11.3 Å². The molecule has 1 aliphatic heterocycles. The first-order valence-electron chi connectivity index (χ1n) is 6.94. The molecule has 2 atom stereocenters. The van der Waals surface area contributed by atoms with Gasteiger partial charge in [-0.2, -0.15) is 0 Å². The van der Waals surface area contributed by atoms with Gasteiger partial charge >= 0.3 is 0 Å². The highest BCUT2D eigenvalue weighted by Gasteiger charge is 2.26. The molecular formula is C15H19N3OS. The second-order valence-corrected chi connectivity index (χ2v) is 5.96. The zero-order chi connectivity index (χ0) is 13.8. The molecule has 1 aliphatic rings. The Labute approximate surface area is 123 Å². The van der Waals surface area contributed by atoms with Crippen molar-refractivity contribution in [3.63, 3.8) is 0 Å². The quantitative estimate of drug-likeness (QED) is 0.655. The van der Waals surface area contributed by atoms with Crippen molar-refractivity contribution in [3.05, 3.63) is 40.7 Å². The van der Waals surface area contributed by atoms with Crippen LogP contribution < -0.4 is 11.3 Å². The lowest BCUT2D eigenvalue weighted by atomic mass is 10.1. The Balaban J connectivity index is 1.70. The number of ether oxygens (including phenoxy) is 1. The summed E-state index contributed by atoms with van der Waals surface area (Å²) in [6.07, 6.45) is 3.23. The Kier molecular flexibility index (Phi) is 4.42. The lowest BCUT2D eigenvalue weighted by Crippen LogP contribution is -2.45. The number of benzene rings is 1. The topological polar surface area (TPSA) is 60.2 Å². The number of nitrogens with zero attached hydrogens (tertiary/aromatic N) is 1. The molecule has 1 aromatic heterocycles. The molecule has 3 N–H and O–H groups in total. The minimum Gasteiger partial charge on any atom is -0.377 e. The van der Waals surface area contributed by atoms with Crippen molar-refractivity contribution in [1.82, 2.24) is 10.4 Å². The number of aromatic nitrogens is 1. The maximum absolute atomic E-state index is 5.70. The SMILES string of the molecule is NNC(Cc1nc(-c2ccccc2)cs1)C1CCCO1. The third-order valence-corrected chi connectivity index (χ3v) is 4.51. The lowest BCUT2D eigenvalue weighted by Gasteiger charge is -2.20. The average molecular weight is 289 g/mol. The lowest BCUT2D eigenvalue weighted by molar-refractivity contribution is 0.0784. The Morgan fingerprint density at radius 1 is 1.40 bits per heavy atom. The van der Waals surface area contributed by atoms with E-state index in [0.717, 1.165) is 42.1 Å². The Bertz CT molecular complexity index is 537. The van der Waals surface area contributed by atoms with Gasteiger partial charge in [-0.1, -0.05) is 30.3 Å². The molecule has 106 valence electrons. The van der Waals surface area contributed by atoms with Gasteiger partial charge in [-0.15, -0.1) is 11.3 Å². The van der Waals surface area contributed by atoms with Crippen molar-refractivity contribution in [2.75, 3.05) is 6.61 Å². The maximum atomic E-state index is 5.70. The summed E-state index contributed by atoms with van der Waals surface area (Å²) in [5, 5.41) is 3.20. The number of hydrogen-bond acceptors (Lipinski definition) is 5. The largest absolute Gasteiger partial charge is 0.377 e. The van der Waals surface area contributed by atoms with E-state index >= 15 is 0 Å². The summed E-state index contributed by atoms with van der Waals surface area (Å²) in [6.45, 7) is 0.843. The van der Waals surface area contributed by atoms with E-state index in [0.29, 0.717) is 0 Å². The third kappa shape index (κ3) is 3.07.